The number of nitrogens with one attached hydrogen (secondary N) is 1. The molecule has 16 heavy (non-hydrogen) atoms. The summed E-state index contributed by atoms with van der Waals surface area (Å²) in [6.07, 6.45) is 2.95. The molecule has 0 fully saturated rings. The fraction of sp³-hybridized carbons (Fsp3) is 0.500. The lowest BCUT2D eigenvalue weighted by Crippen LogP contribution is -2.12. The normalized spacial score (nSPS) is 12.4. The molecule has 1 atom stereocenters. The number of anilines is 2. The Morgan fingerprint density at radius 3 is 2.69 bits per heavy atom. The molecule has 1 rings (SSSR count). The highest BCUT2D eigenvalue weighted by Gasteiger charge is 2.19. The molecule has 1 unspecified atom stereocenters. The van der Waals surface area contributed by atoms with Crippen LogP contribution in [-0.2, 0) is 0 Å². The lowest BCUT2D eigenvalue weighted by atomic mass is 10.3. The Labute approximate surface area is 104 Å². The molecule has 0 aliphatic heterocycles. The number of nitrogen functional groups attached to an aromatic ring is 1. The molecule has 0 spiro atoms. The van der Waals surface area contributed by atoms with E-state index in [1.165, 1.54) is 23.1 Å². The minimum absolute atomic E-state index is 0.352. The van der Waals surface area contributed by atoms with Crippen molar-refractivity contribution in [3.8, 4) is 0 Å². The Bertz CT molecular complexity index is 390. The summed E-state index contributed by atoms with van der Waals surface area (Å²) in [5.74, 6) is -0.463. The van der Waals surface area contributed by atoms with E-state index in [1.807, 2.05) is 6.26 Å². The molecule has 0 aliphatic carbocycles. The van der Waals surface area contributed by atoms with E-state index in [0.717, 1.165) is 16.3 Å². The molecule has 1 heterocycles. The fourth-order valence-corrected chi connectivity index (χ4v) is 3.22. The summed E-state index contributed by atoms with van der Waals surface area (Å²) < 4.78 is 0. The minimum Gasteiger partial charge on any atom is -0.396 e. The molecule has 1 amide bonds. The lowest BCUT2D eigenvalue weighted by Gasteiger charge is -2.12. The largest absolute Gasteiger partial charge is 0.396 e. The highest BCUT2D eigenvalue weighted by atomic mass is 32.2. The van der Waals surface area contributed by atoms with Crippen LogP contribution in [0.1, 0.15) is 29.9 Å². The van der Waals surface area contributed by atoms with Gasteiger partial charge >= 0.3 is 0 Å². The van der Waals surface area contributed by atoms with Crippen molar-refractivity contribution in [1.82, 2.24) is 0 Å². The second-order valence-electron chi connectivity index (χ2n) is 3.53. The fourth-order valence-electron chi connectivity index (χ4n) is 1.24. The summed E-state index contributed by atoms with van der Waals surface area (Å²) in [5, 5.41) is 4.28. The molecule has 0 saturated carbocycles. The summed E-state index contributed by atoms with van der Waals surface area (Å²) in [7, 11) is 0. The van der Waals surface area contributed by atoms with E-state index in [9.17, 15) is 4.79 Å². The van der Waals surface area contributed by atoms with Crippen molar-refractivity contribution < 1.29 is 4.79 Å². The van der Waals surface area contributed by atoms with E-state index in [0.29, 0.717) is 16.6 Å². The van der Waals surface area contributed by atoms with Gasteiger partial charge in [0.25, 0.3) is 5.91 Å². The Morgan fingerprint density at radius 1 is 1.62 bits per heavy atom. The number of amides is 1. The summed E-state index contributed by atoms with van der Waals surface area (Å²) >= 11 is 2.86. The maximum Gasteiger partial charge on any atom is 0.261 e. The van der Waals surface area contributed by atoms with E-state index in [1.54, 1.807) is 0 Å². The molecule has 90 valence electrons. The highest BCUT2D eigenvalue weighted by molar-refractivity contribution is 7.99. The zero-order chi connectivity index (χ0) is 12.3. The van der Waals surface area contributed by atoms with Gasteiger partial charge < -0.3 is 16.8 Å². The van der Waals surface area contributed by atoms with E-state index >= 15 is 0 Å². The Kier molecular flexibility index (Phi) is 4.49. The number of carbonyl (C=O) groups excluding carboxylic acids is 1. The first kappa shape index (κ1) is 13.2. The van der Waals surface area contributed by atoms with Crippen LogP contribution in [0.5, 0.6) is 0 Å². The van der Waals surface area contributed by atoms with Crippen molar-refractivity contribution in [2.75, 3.05) is 17.3 Å². The Hall–Kier alpha value is -0.880. The molecule has 0 bridgehead atoms. The number of nitrogens with two attached hydrogens (primary N) is 2. The maximum atomic E-state index is 11.2. The van der Waals surface area contributed by atoms with Gasteiger partial charge in [0.15, 0.2) is 0 Å². The number of carbonyl (C=O) groups is 1. The van der Waals surface area contributed by atoms with Crippen LogP contribution in [0.4, 0.5) is 10.7 Å². The molecule has 0 radical (unpaired) electrons. The molecular formula is C10H17N3OS2. The zero-order valence-corrected chi connectivity index (χ0v) is 11.3. The molecule has 0 aliphatic rings. The predicted molar refractivity (Wildman–Crippen MR) is 72.4 cm³/mol. The van der Waals surface area contributed by atoms with Crippen LogP contribution in [0.3, 0.4) is 0 Å². The summed E-state index contributed by atoms with van der Waals surface area (Å²) in [6, 6.07) is 0.352. The van der Waals surface area contributed by atoms with Crippen molar-refractivity contribution in [2.45, 2.75) is 31.2 Å². The van der Waals surface area contributed by atoms with Crippen LogP contribution >= 0.6 is 23.1 Å². The minimum atomic E-state index is -0.463. The topological polar surface area (TPSA) is 81.1 Å². The van der Waals surface area contributed by atoms with Crippen molar-refractivity contribution >= 4 is 39.7 Å². The molecule has 0 aromatic carbocycles. The first-order valence-electron chi connectivity index (χ1n) is 5.03. The van der Waals surface area contributed by atoms with Crippen molar-refractivity contribution in [3.63, 3.8) is 0 Å². The van der Waals surface area contributed by atoms with Gasteiger partial charge in [-0.05, 0) is 19.6 Å². The van der Waals surface area contributed by atoms with Gasteiger partial charge in [-0.15, -0.1) is 23.1 Å². The van der Waals surface area contributed by atoms with Crippen LogP contribution in [0.25, 0.3) is 0 Å². The van der Waals surface area contributed by atoms with Gasteiger partial charge in [0, 0.05) is 6.04 Å². The Morgan fingerprint density at radius 2 is 2.25 bits per heavy atom. The molecular weight excluding hydrogens is 242 g/mol. The van der Waals surface area contributed by atoms with Gasteiger partial charge in [0.2, 0.25) is 0 Å². The molecule has 6 heteroatoms. The third-order valence-electron chi connectivity index (χ3n) is 2.32. The van der Waals surface area contributed by atoms with Crippen molar-refractivity contribution in [1.29, 1.82) is 0 Å². The predicted octanol–water partition coefficient (Wildman–Crippen LogP) is 2.36. The number of primary amides is 1. The van der Waals surface area contributed by atoms with E-state index < -0.39 is 5.91 Å². The number of thiophene rings is 1. The Balaban J connectivity index is 3.08. The monoisotopic (exact) mass is 259 g/mol. The van der Waals surface area contributed by atoms with Crippen LogP contribution in [0.2, 0.25) is 0 Å². The van der Waals surface area contributed by atoms with Crippen LogP contribution in [-0.4, -0.2) is 18.2 Å². The first-order valence-corrected chi connectivity index (χ1v) is 7.07. The molecule has 1 aromatic rings. The van der Waals surface area contributed by atoms with Gasteiger partial charge in [0.05, 0.1) is 10.6 Å². The maximum absolute atomic E-state index is 11.2. The third kappa shape index (κ3) is 2.62. The zero-order valence-electron chi connectivity index (χ0n) is 9.66. The average Bonchev–Trinajstić information content (AvgIpc) is 2.55. The van der Waals surface area contributed by atoms with Gasteiger partial charge in [0.1, 0.15) is 9.88 Å². The summed E-state index contributed by atoms with van der Waals surface area (Å²) in [5.41, 5.74) is 11.6. The average molecular weight is 259 g/mol. The van der Waals surface area contributed by atoms with Crippen LogP contribution in [0.15, 0.2) is 4.90 Å². The van der Waals surface area contributed by atoms with Gasteiger partial charge in [-0.1, -0.05) is 6.92 Å². The van der Waals surface area contributed by atoms with E-state index in [-0.39, 0.29) is 0 Å². The van der Waals surface area contributed by atoms with E-state index in [2.05, 4.69) is 19.2 Å². The third-order valence-corrected chi connectivity index (χ3v) is 4.43. The lowest BCUT2D eigenvalue weighted by molar-refractivity contribution is 0.100. The molecule has 5 N–H and O–H groups in total. The summed E-state index contributed by atoms with van der Waals surface area (Å²) in [6.45, 7) is 4.19. The van der Waals surface area contributed by atoms with Crippen LogP contribution in [0, 0.1) is 0 Å². The van der Waals surface area contributed by atoms with Gasteiger partial charge in [-0.3, -0.25) is 4.79 Å². The summed E-state index contributed by atoms with van der Waals surface area (Å²) in [4.78, 5) is 12.5. The van der Waals surface area contributed by atoms with Crippen molar-refractivity contribution in [3.05, 3.63) is 4.88 Å². The van der Waals surface area contributed by atoms with Crippen LogP contribution < -0.4 is 16.8 Å². The standard InChI is InChI=1S/C10H17N3OS2/c1-4-5(2)13-10-8(15-3)6(11)7(16-10)9(12)14/h5,13H,4,11H2,1-3H3,(H2,12,14). The quantitative estimate of drug-likeness (QED) is 0.709. The van der Waals surface area contributed by atoms with Crippen molar-refractivity contribution in [2.24, 2.45) is 5.73 Å². The second-order valence-corrected chi connectivity index (χ2v) is 5.36. The van der Waals surface area contributed by atoms with E-state index in [4.69, 9.17) is 11.5 Å². The first-order chi connectivity index (χ1) is 7.51. The molecule has 1 aromatic heterocycles. The van der Waals surface area contributed by atoms with Gasteiger partial charge in [-0.25, -0.2) is 0 Å². The highest BCUT2D eigenvalue weighted by Crippen LogP contribution is 2.41. The smallest absolute Gasteiger partial charge is 0.261 e. The number of hydrogen-bond acceptors (Lipinski definition) is 5. The second kappa shape index (κ2) is 5.45. The van der Waals surface area contributed by atoms with Gasteiger partial charge in [-0.2, -0.15) is 0 Å². The molecule has 0 saturated heterocycles. The number of thioether (sulfide) groups is 1. The SMILES string of the molecule is CCC(C)Nc1sc(C(N)=O)c(N)c1SC. The number of rotatable bonds is 5. The number of hydrogen-bond donors (Lipinski definition) is 3. The molecule has 4 nitrogen and oxygen atoms in total.